The van der Waals surface area contributed by atoms with Crippen LogP contribution in [-0.2, 0) is 16.1 Å². The van der Waals surface area contributed by atoms with Crippen LogP contribution in [0.3, 0.4) is 0 Å². The lowest BCUT2D eigenvalue weighted by Gasteiger charge is -2.14. The first-order valence-corrected chi connectivity index (χ1v) is 6.41. The minimum Gasteiger partial charge on any atom is -0.457 e. The molecule has 0 fully saturated rings. The van der Waals surface area contributed by atoms with E-state index in [0.717, 1.165) is 5.56 Å². The highest BCUT2D eigenvalue weighted by molar-refractivity contribution is 5.87. The molecule has 0 heterocycles. The van der Waals surface area contributed by atoms with Crippen molar-refractivity contribution in [3.05, 3.63) is 48.0 Å². The molecule has 1 unspecified atom stereocenters. The SMILES string of the molecule is C=C(C)C(=O)OC(C)CNC(=O)NCc1ccccc1. The summed E-state index contributed by atoms with van der Waals surface area (Å²) in [4.78, 5) is 22.8. The first-order chi connectivity index (χ1) is 9.49. The molecule has 0 aliphatic rings. The number of rotatable bonds is 6. The Morgan fingerprint density at radius 3 is 2.50 bits per heavy atom. The predicted molar refractivity (Wildman–Crippen MR) is 77.0 cm³/mol. The van der Waals surface area contributed by atoms with E-state index in [1.165, 1.54) is 0 Å². The van der Waals surface area contributed by atoms with Gasteiger partial charge < -0.3 is 15.4 Å². The second-order valence-corrected chi connectivity index (χ2v) is 4.55. The van der Waals surface area contributed by atoms with Crippen molar-refractivity contribution in [1.82, 2.24) is 10.6 Å². The first kappa shape index (κ1) is 15.8. The minimum absolute atomic E-state index is 0.250. The van der Waals surface area contributed by atoms with Crippen LogP contribution in [0, 0.1) is 0 Å². The van der Waals surface area contributed by atoms with Crippen molar-refractivity contribution in [3.8, 4) is 0 Å². The molecule has 0 aliphatic heterocycles. The second kappa shape index (κ2) is 7.99. The van der Waals surface area contributed by atoms with Gasteiger partial charge in [0.1, 0.15) is 6.10 Å². The molecule has 1 aromatic carbocycles. The van der Waals surface area contributed by atoms with Gasteiger partial charge in [0, 0.05) is 12.1 Å². The molecule has 0 aromatic heterocycles. The number of nitrogens with one attached hydrogen (secondary N) is 2. The summed E-state index contributed by atoms with van der Waals surface area (Å²) in [6.07, 6.45) is -0.401. The number of carbonyl (C=O) groups excluding carboxylic acids is 2. The third-order valence-corrected chi connectivity index (χ3v) is 2.50. The van der Waals surface area contributed by atoms with E-state index >= 15 is 0 Å². The Balaban J connectivity index is 2.23. The molecule has 0 radical (unpaired) electrons. The van der Waals surface area contributed by atoms with Gasteiger partial charge in [-0.05, 0) is 19.4 Å². The Kier molecular flexibility index (Phi) is 6.29. The molecule has 0 spiro atoms. The Morgan fingerprint density at radius 1 is 1.25 bits per heavy atom. The van der Waals surface area contributed by atoms with Gasteiger partial charge in [-0.2, -0.15) is 0 Å². The quantitative estimate of drug-likeness (QED) is 0.617. The lowest BCUT2D eigenvalue weighted by atomic mass is 10.2. The summed E-state index contributed by atoms with van der Waals surface area (Å²) >= 11 is 0. The smallest absolute Gasteiger partial charge is 0.333 e. The molecule has 108 valence electrons. The molecule has 1 rings (SSSR count). The monoisotopic (exact) mass is 276 g/mol. The summed E-state index contributed by atoms with van der Waals surface area (Å²) in [6.45, 7) is 7.48. The zero-order chi connectivity index (χ0) is 15.0. The molecule has 0 saturated carbocycles. The van der Waals surface area contributed by atoms with E-state index in [9.17, 15) is 9.59 Å². The Morgan fingerprint density at radius 2 is 1.90 bits per heavy atom. The van der Waals surface area contributed by atoms with E-state index in [2.05, 4.69) is 17.2 Å². The van der Waals surface area contributed by atoms with Gasteiger partial charge in [0.2, 0.25) is 0 Å². The molecule has 1 atom stereocenters. The molecule has 2 N–H and O–H groups in total. The van der Waals surface area contributed by atoms with E-state index in [1.54, 1.807) is 13.8 Å². The summed E-state index contributed by atoms with van der Waals surface area (Å²) < 4.78 is 5.04. The highest BCUT2D eigenvalue weighted by atomic mass is 16.5. The van der Waals surface area contributed by atoms with Gasteiger partial charge in [0.15, 0.2) is 0 Å². The van der Waals surface area contributed by atoms with Crippen LogP contribution in [0.2, 0.25) is 0 Å². The normalized spacial score (nSPS) is 11.3. The number of urea groups is 1. The average Bonchev–Trinajstić information content (AvgIpc) is 2.43. The Bertz CT molecular complexity index is 471. The summed E-state index contributed by atoms with van der Waals surface area (Å²) in [6, 6.07) is 9.30. The molecular weight excluding hydrogens is 256 g/mol. The van der Waals surface area contributed by atoms with E-state index in [0.29, 0.717) is 12.1 Å². The third kappa shape index (κ3) is 6.04. The maximum Gasteiger partial charge on any atom is 0.333 e. The highest BCUT2D eigenvalue weighted by Gasteiger charge is 2.11. The van der Waals surface area contributed by atoms with E-state index < -0.39 is 12.1 Å². The molecule has 0 bridgehead atoms. The molecule has 5 nitrogen and oxygen atoms in total. The lowest BCUT2D eigenvalue weighted by molar-refractivity contribution is -0.143. The van der Waals surface area contributed by atoms with Gasteiger partial charge in [0.25, 0.3) is 0 Å². The Labute approximate surface area is 119 Å². The first-order valence-electron chi connectivity index (χ1n) is 6.41. The number of hydrogen-bond acceptors (Lipinski definition) is 3. The number of amides is 2. The van der Waals surface area contributed by atoms with Gasteiger partial charge >= 0.3 is 12.0 Å². The van der Waals surface area contributed by atoms with Crippen molar-refractivity contribution in [2.75, 3.05) is 6.54 Å². The van der Waals surface area contributed by atoms with E-state index in [1.807, 2.05) is 30.3 Å². The van der Waals surface area contributed by atoms with Gasteiger partial charge in [-0.25, -0.2) is 9.59 Å². The largest absolute Gasteiger partial charge is 0.457 e. The van der Waals surface area contributed by atoms with Crippen LogP contribution in [0.25, 0.3) is 0 Å². The minimum atomic E-state index is -0.455. The van der Waals surface area contributed by atoms with Crippen LogP contribution in [-0.4, -0.2) is 24.6 Å². The fourth-order valence-corrected chi connectivity index (χ4v) is 1.40. The molecular formula is C15H20N2O3. The predicted octanol–water partition coefficient (Wildman–Crippen LogP) is 1.99. The third-order valence-electron chi connectivity index (χ3n) is 2.50. The number of hydrogen-bond donors (Lipinski definition) is 2. The highest BCUT2D eigenvalue weighted by Crippen LogP contribution is 1.98. The van der Waals surface area contributed by atoms with Gasteiger partial charge in [-0.1, -0.05) is 36.9 Å². The van der Waals surface area contributed by atoms with Crippen LogP contribution < -0.4 is 10.6 Å². The fourth-order valence-electron chi connectivity index (χ4n) is 1.40. The van der Waals surface area contributed by atoms with Gasteiger partial charge in [-0.15, -0.1) is 0 Å². The maximum atomic E-state index is 11.6. The van der Waals surface area contributed by atoms with Crippen molar-refractivity contribution >= 4 is 12.0 Å². The van der Waals surface area contributed by atoms with Crippen molar-refractivity contribution < 1.29 is 14.3 Å². The van der Waals surface area contributed by atoms with Crippen LogP contribution >= 0.6 is 0 Å². The van der Waals surface area contributed by atoms with Crippen molar-refractivity contribution in [3.63, 3.8) is 0 Å². The standard InChI is InChI=1S/C15H20N2O3/c1-11(2)14(18)20-12(3)9-16-15(19)17-10-13-7-5-4-6-8-13/h4-8,12H,1,9-10H2,2-3H3,(H2,16,17,19). The van der Waals surface area contributed by atoms with Crippen LogP contribution in [0.5, 0.6) is 0 Å². The number of ether oxygens (including phenoxy) is 1. The van der Waals surface area contributed by atoms with Crippen molar-refractivity contribution in [2.45, 2.75) is 26.5 Å². The van der Waals surface area contributed by atoms with Crippen LogP contribution in [0.4, 0.5) is 4.79 Å². The average molecular weight is 276 g/mol. The second-order valence-electron chi connectivity index (χ2n) is 4.55. The number of carbonyl (C=O) groups is 2. The number of esters is 1. The number of benzene rings is 1. The van der Waals surface area contributed by atoms with E-state index in [4.69, 9.17) is 4.74 Å². The van der Waals surface area contributed by atoms with Crippen molar-refractivity contribution in [2.24, 2.45) is 0 Å². The molecule has 5 heteroatoms. The molecule has 2 amide bonds. The zero-order valence-corrected chi connectivity index (χ0v) is 11.8. The summed E-state index contributed by atoms with van der Waals surface area (Å²) in [5, 5.41) is 5.36. The fraction of sp³-hybridized carbons (Fsp3) is 0.333. The molecule has 20 heavy (non-hydrogen) atoms. The zero-order valence-electron chi connectivity index (χ0n) is 11.8. The van der Waals surface area contributed by atoms with E-state index in [-0.39, 0.29) is 12.6 Å². The molecule has 1 aromatic rings. The van der Waals surface area contributed by atoms with Crippen molar-refractivity contribution in [1.29, 1.82) is 0 Å². The van der Waals surface area contributed by atoms with Gasteiger partial charge in [0.05, 0.1) is 6.54 Å². The maximum absolute atomic E-state index is 11.6. The topological polar surface area (TPSA) is 67.4 Å². The van der Waals surface area contributed by atoms with Crippen LogP contribution in [0.1, 0.15) is 19.4 Å². The Hall–Kier alpha value is -2.30. The summed E-state index contributed by atoms with van der Waals surface area (Å²) in [5.41, 5.74) is 1.36. The lowest BCUT2D eigenvalue weighted by Crippen LogP contribution is -2.39. The van der Waals surface area contributed by atoms with Gasteiger partial charge in [-0.3, -0.25) is 0 Å². The molecule has 0 saturated heterocycles. The molecule has 0 aliphatic carbocycles. The summed E-state index contributed by atoms with van der Waals surface area (Å²) in [5.74, 6) is -0.455. The van der Waals surface area contributed by atoms with Crippen LogP contribution in [0.15, 0.2) is 42.5 Å². The summed E-state index contributed by atoms with van der Waals surface area (Å²) in [7, 11) is 0.